The minimum absolute atomic E-state index is 0.0438. The van der Waals surface area contributed by atoms with Crippen molar-refractivity contribution in [2.75, 3.05) is 18.0 Å². The van der Waals surface area contributed by atoms with Crippen molar-refractivity contribution in [3.8, 4) is 0 Å². The maximum Gasteiger partial charge on any atom is 0.407 e. The van der Waals surface area contributed by atoms with E-state index in [9.17, 15) is 29.1 Å². The smallest absolute Gasteiger partial charge is 0.407 e. The third-order valence-electron chi connectivity index (χ3n) is 7.13. The summed E-state index contributed by atoms with van der Waals surface area (Å²) in [6, 6.07) is 2.61. The number of β-lactam (4-membered cyclic amide) rings is 1. The zero-order valence-corrected chi connectivity index (χ0v) is 28.6. The normalized spacial score (nSPS) is 18.4. The number of oxime groups is 1. The molecule has 16 nitrogen and oxygen atoms in total. The van der Waals surface area contributed by atoms with Crippen LogP contribution in [0.15, 0.2) is 46.3 Å². The van der Waals surface area contributed by atoms with E-state index in [4.69, 9.17) is 21.0 Å². The molecule has 4 heterocycles. The number of aryl methyl sites for hydroxylation is 1. The molecule has 4 amide bonds. The maximum absolute atomic E-state index is 13.5. The van der Waals surface area contributed by atoms with Crippen LogP contribution in [0.3, 0.4) is 0 Å². The predicted octanol–water partition coefficient (Wildman–Crippen LogP) is 0.894. The molecule has 0 aromatic carbocycles. The molecule has 2 aromatic heterocycles. The molecule has 4 rings (SSSR count). The minimum atomic E-state index is -1.26. The number of pyridine rings is 1. The van der Waals surface area contributed by atoms with E-state index >= 15 is 0 Å². The Hall–Kier alpha value is -4.71. The van der Waals surface area contributed by atoms with Crippen LogP contribution in [0.25, 0.3) is 0 Å². The lowest BCUT2D eigenvalue weighted by Gasteiger charge is -2.49. The molecule has 2 aliphatic rings. The van der Waals surface area contributed by atoms with E-state index in [1.165, 1.54) is 22.0 Å². The highest BCUT2D eigenvalue weighted by Gasteiger charge is 2.54. The van der Waals surface area contributed by atoms with Crippen molar-refractivity contribution in [1.29, 1.82) is 0 Å². The number of fused-ring (bicyclic) bond motifs is 1. The van der Waals surface area contributed by atoms with Crippen molar-refractivity contribution in [2.24, 2.45) is 10.9 Å². The number of nitrogen functional groups attached to an aromatic ring is 1. The number of thioether (sulfide) groups is 1. The maximum atomic E-state index is 13.5. The molecule has 2 aliphatic heterocycles. The fourth-order valence-electron chi connectivity index (χ4n) is 4.76. The second kappa shape index (κ2) is 15.5. The molecule has 0 saturated carbocycles. The standard InChI is InChI=1S/C30H38N8O8S2/c1-5-18(12-33-29(44)45-30(2,3)4)46-36-21(19-15-48-28(32)34-19)24(40)35-22-25(41)38-23(27(42)43)17(14-47-26(22)38)13-37-10-8-16(9-11-37)6-7-20(31)39/h8-11,15,18,22,26H,5-7,12-14H2,1-4H3,(H6-,31,32,33,34,35,39,40,42,43,44)/p+1/t18?,22?,26-/m0/s1. The Morgan fingerprint density at radius 3 is 2.54 bits per heavy atom. The number of carbonyl (C=O) groups excluding carboxylic acids is 4. The number of thiazole rings is 1. The molecule has 0 bridgehead atoms. The molecule has 48 heavy (non-hydrogen) atoms. The molecule has 3 atom stereocenters. The first-order valence-electron chi connectivity index (χ1n) is 15.1. The van der Waals surface area contributed by atoms with Gasteiger partial charge in [0.2, 0.25) is 5.91 Å². The van der Waals surface area contributed by atoms with Crippen molar-refractivity contribution >= 4 is 63.7 Å². The van der Waals surface area contributed by atoms with Gasteiger partial charge < -0.3 is 36.8 Å². The summed E-state index contributed by atoms with van der Waals surface area (Å²) in [5.74, 6) is -2.72. The Morgan fingerprint density at radius 2 is 1.96 bits per heavy atom. The molecular formula is C30H39N8O8S2+. The summed E-state index contributed by atoms with van der Waals surface area (Å²) in [6.45, 7) is 7.28. The van der Waals surface area contributed by atoms with E-state index < -0.39 is 52.9 Å². The zero-order valence-electron chi connectivity index (χ0n) is 26.9. The number of aromatic nitrogens is 2. The van der Waals surface area contributed by atoms with Crippen LogP contribution in [0.4, 0.5) is 9.93 Å². The number of nitrogens with one attached hydrogen (secondary N) is 2. The van der Waals surface area contributed by atoms with Gasteiger partial charge in [0, 0.05) is 35.3 Å². The lowest BCUT2D eigenvalue weighted by atomic mass is 10.0. The average molecular weight is 704 g/mol. The molecule has 0 radical (unpaired) electrons. The second-order valence-corrected chi connectivity index (χ2v) is 14.0. The summed E-state index contributed by atoms with van der Waals surface area (Å²) in [5, 5.41) is 20.4. The van der Waals surface area contributed by atoms with Gasteiger partial charge in [0.25, 0.3) is 11.8 Å². The Labute approximate surface area is 284 Å². The first-order chi connectivity index (χ1) is 22.7. The van der Waals surface area contributed by atoms with Crippen molar-refractivity contribution < 1.29 is 43.2 Å². The van der Waals surface area contributed by atoms with Crippen LogP contribution in [0.2, 0.25) is 0 Å². The van der Waals surface area contributed by atoms with Gasteiger partial charge in [-0.25, -0.2) is 19.1 Å². The van der Waals surface area contributed by atoms with Gasteiger partial charge in [-0.05, 0) is 39.2 Å². The molecule has 0 spiro atoms. The number of carboxylic acids is 1. The molecule has 0 aliphatic carbocycles. The summed E-state index contributed by atoms with van der Waals surface area (Å²) < 4.78 is 7.03. The van der Waals surface area contributed by atoms with Crippen LogP contribution < -0.4 is 26.7 Å². The number of hydrogen-bond donors (Lipinski definition) is 5. The molecular weight excluding hydrogens is 665 g/mol. The summed E-state index contributed by atoms with van der Waals surface area (Å²) >= 11 is 2.41. The van der Waals surface area contributed by atoms with Gasteiger partial charge in [-0.15, -0.1) is 23.1 Å². The molecule has 2 unspecified atom stereocenters. The van der Waals surface area contributed by atoms with Gasteiger partial charge in [0.1, 0.15) is 34.5 Å². The van der Waals surface area contributed by atoms with Gasteiger partial charge in [0.15, 0.2) is 29.8 Å². The largest absolute Gasteiger partial charge is 0.477 e. The highest BCUT2D eigenvalue weighted by atomic mass is 32.2. The number of aliphatic carboxylic acids is 1. The van der Waals surface area contributed by atoms with E-state index in [0.29, 0.717) is 24.2 Å². The minimum Gasteiger partial charge on any atom is -0.477 e. The van der Waals surface area contributed by atoms with Gasteiger partial charge in [-0.1, -0.05) is 12.1 Å². The topological polar surface area (TPSA) is 233 Å². The number of carboxylic acid groups (broad SMARTS) is 1. The first kappa shape index (κ1) is 36.1. The lowest BCUT2D eigenvalue weighted by Crippen LogP contribution is -2.71. The Kier molecular flexibility index (Phi) is 11.6. The monoisotopic (exact) mass is 703 g/mol. The number of amides is 4. The van der Waals surface area contributed by atoms with Crippen molar-refractivity contribution in [2.45, 2.75) is 76.6 Å². The van der Waals surface area contributed by atoms with E-state index in [2.05, 4.69) is 20.8 Å². The van der Waals surface area contributed by atoms with Crippen LogP contribution in [0.5, 0.6) is 0 Å². The summed E-state index contributed by atoms with van der Waals surface area (Å²) in [5.41, 5.74) is 11.5. The number of nitrogens with zero attached hydrogens (tertiary/aromatic N) is 4. The van der Waals surface area contributed by atoms with Crippen LogP contribution in [-0.4, -0.2) is 85.9 Å². The van der Waals surface area contributed by atoms with E-state index in [1.807, 2.05) is 12.1 Å². The molecule has 1 saturated heterocycles. The van der Waals surface area contributed by atoms with E-state index in [0.717, 1.165) is 16.9 Å². The summed E-state index contributed by atoms with van der Waals surface area (Å²) in [7, 11) is 0. The van der Waals surface area contributed by atoms with Crippen LogP contribution in [-0.2, 0) is 41.7 Å². The predicted molar refractivity (Wildman–Crippen MR) is 176 cm³/mol. The van der Waals surface area contributed by atoms with E-state index in [1.54, 1.807) is 44.7 Å². The molecule has 2 aromatic rings. The number of anilines is 1. The van der Waals surface area contributed by atoms with Crippen LogP contribution in [0, 0.1) is 0 Å². The zero-order chi connectivity index (χ0) is 35.2. The SMILES string of the molecule is CCC(CNC(=O)OC(C)(C)C)ON=C(C(=O)NC1C(=O)N2C(C(=O)O)=C(C[n+]3ccc(CCC(N)=O)cc3)CS[C@@H]12)c1csc(N)n1. The van der Waals surface area contributed by atoms with Gasteiger partial charge in [-0.3, -0.25) is 19.3 Å². The van der Waals surface area contributed by atoms with Crippen LogP contribution in [0.1, 0.15) is 51.8 Å². The number of hydrogen-bond acceptors (Lipinski definition) is 12. The Bertz CT molecular complexity index is 1620. The third kappa shape index (κ3) is 9.21. The highest BCUT2D eigenvalue weighted by molar-refractivity contribution is 8.00. The molecule has 1 fully saturated rings. The van der Waals surface area contributed by atoms with Crippen LogP contribution >= 0.6 is 23.1 Å². The Balaban J connectivity index is 1.45. The summed E-state index contributed by atoms with van der Waals surface area (Å²) in [6.07, 6.45) is 3.41. The second-order valence-electron chi connectivity index (χ2n) is 12.0. The van der Waals surface area contributed by atoms with Crippen molar-refractivity contribution in [3.63, 3.8) is 0 Å². The number of ether oxygens (including phenoxy) is 1. The lowest BCUT2D eigenvalue weighted by molar-refractivity contribution is -0.689. The molecule has 7 N–H and O–H groups in total. The molecule has 18 heteroatoms. The van der Waals surface area contributed by atoms with Gasteiger partial charge in [-0.2, -0.15) is 0 Å². The molecule has 258 valence electrons. The highest BCUT2D eigenvalue weighted by Crippen LogP contribution is 2.40. The van der Waals surface area contributed by atoms with Gasteiger partial charge >= 0.3 is 12.1 Å². The quantitative estimate of drug-likeness (QED) is 0.0803. The number of nitrogens with two attached hydrogens (primary N) is 2. The first-order valence-corrected chi connectivity index (χ1v) is 17.0. The van der Waals surface area contributed by atoms with Crippen molar-refractivity contribution in [1.82, 2.24) is 20.5 Å². The van der Waals surface area contributed by atoms with Crippen molar-refractivity contribution in [3.05, 3.63) is 52.4 Å². The van der Waals surface area contributed by atoms with Gasteiger partial charge in [0.05, 0.1) is 6.54 Å². The third-order valence-corrected chi connectivity index (χ3v) is 9.14. The number of alkyl carbamates (subject to hydrolysis) is 1. The fourth-order valence-corrected chi connectivity index (χ4v) is 6.64. The van der Waals surface area contributed by atoms with E-state index in [-0.39, 0.29) is 41.7 Å². The Morgan fingerprint density at radius 1 is 1.25 bits per heavy atom. The average Bonchev–Trinajstić information content (AvgIpc) is 3.45. The number of rotatable bonds is 14. The number of carbonyl (C=O) groups is 5. The number of primary amides is 1. The fraction of sp³-hybridized carbons (Fsp3) is 0.467. The summed E-state index contributed by atoms with van der Waals surface area (Å²) in [4.78, 5) is 73.3.